The Labute approximate surface area is 34.3 Å². The molecule has 0 bridgehead atoms. The molecule has 0 aliphatic heterocycles. The van der Waals surface area contributed by atoms with Gasteiger partial charge in [-0.1, -0.05) is 0 Å². The van der Waals surface area contributed by atoms with Crippen molar-refractivity contribution < 1.29 is 0 Å². The Morgan fingerprint density at radius 2 is 2.80 bits per heavy atom. The fourth-order valence-electron chi connectivity index (χ4n) is 0.152. The molecule has 0 saturated carbocycles. The molecule has 25 valence electrons. The first-order valence-corrected chi connectivity index (χ1v) is 2.12. The summed E-state index contributed by atoms with van der Waals surface area (Å²) < 4.78 is 0. The van der Waals surface area contributed by atoms with Crippen molar-refractivity contribution in [1.29, 1.82) is 0 Å². The quantitative estimate of drug-likeness (QED) is 0.456. The summed E-state index contributed by atoms with van der Waals surface area (Å²) in [6.45, 7) is 0. The minimum absolute atomic E-state index is 1.48. The lowest BCUT2D eigenvalue weighted by Gasteiger charge is -1.40. The van der Waals surface area contributed by atoms with Crippen molar-refractivity contribution in [2.24, 2.45) is 0 Å². The Balaban J connectivity index is 3.13. The maximum atomic E-state index is 3.69. The first-order valence-electron chi connectivity index (χ1n) is 1.24. The van der Waals surface area contributed by atoms with Crippen molar-refractivity contribution in [3.05, 3.63) is 17.1 Å². The number of rotatable bonds is 0. The van der Waals surface area contributed by atoms with Crippen LogP contribution in [0.2, 0.25) is 0 Å². The predicted octanol–water partition coefficient (Wildman–Crippen LogP) is 0.943. The molecule has 1 aromatic heterocycles. The Bertz CT molecular complexity index is 63.4. The first kappa shape index (κ1) is 2.85. The smallest absolute Gasteiger partial charge is 0.0798 e. The zero-order valence-corrected chi connectivity index (χ0v) is 3.33. The topological polar surface area (TPSA) is 12.9 Å². The summed E-state index contributed by atoms with van der Waals surface area (Å²) in [7, 11) is 0. The molecule has 0 N–H and O–H groups in total. The molecule has 0 spiro atoms. The van der Waals surface area contributed by atoms with Gasteiger partial charge in [-0.25, -0.2) is 0 Å². The first-order chi connectivity index (χ1) is 2.50. The van der Waals surface area contributed by atoms with E-state index in [-0.39, 0.29) is 0 Å². The lowest BCUT2D eigenvalue weighted by atomic mass is 11.0. The Hall–Kier alpha value is -0.370. The molecule has 0 unspecified atom stereocenters. The molecule has 0 atom stereocenters. The molecule has 0 fully saturated rings. The molecule has 0 amide bonds. The molecule has 5 heavy (non-hydrogen) atoms. The van der Waals surface area contributed by atoms with E-state index in [9.17, 15) is 0 Å². The minimum Gasteiger partial charge on any atom is -0.252 e. The summed E-state index contributed by atoms with van der Waals surface area (Å²) in [5.41, 5.74) is 1.74. The van der Waals surface area contributed by atoms with Crippen LogP contribution in [0.1, 0.15) is 0 Å². The third kappa shape index (κ3) is 0.450. The average molecular weight is 84.1 g/mol. The molecule has 1 nitrogen and oxygen atoms in total. The van der Waals surface area contributed by atoms with Crippen molar-refractivity contribution in [3.63, 3.8) is 0 Å². The summed E-state index contributed by atoms with van der Waals surface area (Å²) in [5.74, 6) is 0. The highest BCUT2D eigenvalue weighted by molar-refractivity contribution is 7.06. The fourth-order valence-corrected chi connectivity index (χ4v) is 0.456. The van der Waals surface area contributed by atoms with Gasteiger partial charge >= 0.3 is 0 Å². The SMILES string of the molecule is [c]1cncs1. The van der Waals surface area contributed by atoms with E-state index >= 15 is 0 Å². The van der Waals surface area contributed by atoms with Crippen molar-refractivity contribution in [3.8, 4) is 0 Å². The third-order valence-corrected chi connectivity index (χ3v) is 0.777. The van der Waals surface area contributed by atoms with Crippen LogP contribution in [-0.4, -0.2) is 4.98 Å². The van der Waals surface area contributed by atoms with Crippen LogP contribution in [-0.2, 0) is 0 Å². The minimum atomic E-state index is 1.48. The molecule has 0 aliphatic rings. The normalized spacial score (nSPS) is 8.00. The van der Waals surface area contributed by atoms with E-state index in [1.807, 2.05) is 0 Å². The highest BCUT2D eigenvalue weighted by Crippen LogP contribution is 1.84. The molecule has 2 heteroatoms. The third-order valence-electron chi connectivity index (χ3n) is 0.309. The van der Waals surface area contributed by atoms with Gasteiger partial charge in [0.15, 0.2) is 0 Å². The molecule has 1 heterocycles. The Kier molecular flexibility index (Phi) is 0.667. The summed E-state index contributed by atoms with van der Waals surface area (Å²) in [5, 5.41) is 2.79. The van der Waals surface area contributed by atoms with Crippen LogP contribution in [0.3, 0.4) is 0 Å². The number of hydrogen-bond acceptors (Lipinski definition) is 2. The maximum Gasteiger partial charge on any atom is 0.0798 e. The Morgan fingerprint density at radius 1 is 1.80 bits per heavy atom. The number of aromatic nitrogens is 1. The summed E-state index contributed by atoms with van der Waals surface area (Å²) in [6.07, 6.45) is 1.64. The molecule has 0 aliphatic carbocycles. The van der Waals surface area contributed by atoms with Gasteiger partial charge in [0.25, 0.3) is 0 Å². The van der Waals surface area contributed by atoms with Crippen LogP contribution in [0, 0.1) is 5.38 Å². The fraction of sp³-hybridized carbons (Fsp3) is 0. The van der Waals surface area contributed by atoms with E-state index in [0.29, 0.717) is 0 Å². The van der Waals surface area contributed by atoms with Crippen LogP contribution >= 0.6 is 11.3 Å². The second kappa shape index (κ2) is 1.17. The largest absolute Gasteiger partial charge is 0.252 e. The van der Waals surface area contributed by atoms with Crippen LogP contribution in [0.5, 0.6) is 0 Å². The number of hydrogen-bond donors (Lipinski definition) is 0. The predicted molar refractivity (Wildman–Crippen MR) is 20.9 cm³/mol. The van der Waals surface area contributed by atoms with Crippen molar-refractivity contribution in [1.82, 2.24) is 4.98 Å². The van der Waals surface area contributed by atoms with Crippen molar-refractivity contribution in [2.75, 3.05) is 0 Å². The lowest BCUT2D eigenvalue weighted by molar-refractivity contribution is 1.42. The van der Waals surface area contributed by atoms with Gasteiger partial charge in [-0.15, -0.1) is 11.3 Å². The van der Waals surface area contributed by atoms with E-state index in [1.165, 1.54) is 11.3 Å². The molecule has 0 saturated heterocycles. The van der Waals surface area contributed by atoms with Crippen LogP contribution in [0.15, 0.2) is 11.7 Å². The highest BCUT2D eigenvalue weighted by atomic mass is 32.1. The molecule has 1 aromatic rings. The van der Waals surface area contributed by atoms with E-state index in [0.717, 1.165) is 0 Å². The highest BCUT2D eigenvalue weighted by Gasteiger charge is 1.61. The van der Waals surface area contributed by atoms with Gasteiger partial charge in [0.1, 0.15) is 0 Å². The van der Waals surface area contributed by atoms with Crippen LogP contribution in [0.25, 0.3) is 0 Å². The summed E-state index contributed by atoms with van der Waals surface area (Å²) >= 11 is 1.48. The standard InChI is InChI=1S/C3H2NS/c1-2-5-3-4-1/h1,3H. The zero-order valence-electron chi connectivity index (χ0n) is 2.51. The summed E-state index contributed by atoms with van der Waals surface area (Å²) in [6, 6.07) is 0. The number of nitrogens with zero attached hydrogens (tertiary/aromatic N) is 1. The molecular weight excluding hydrogens is 82.1 g/mol. The van der Waals surface area contributed by atoms with Crippen LogP contribution in [0.4, 0.5) is 0 Å². The van der Waals surface area contributed by atoms with Gasteiger partial charge in [0.05, 0.1) is 10.9 Å². The second-order valence-electron chi connectivity index (χ2n) is 0.619. The summed E-state index contributed by atoms with van der Waals surface area (Å²) in [4.78, 5) is 3.69. The lowest BCUT2D eigenvalue weighted by Crippen LogP contribution is -1.38. The molecule has 0 aromatic carbocycles. The van der Waals surface area contributed by atoms with Crippen LogP contribution < -0.4 is 0 Å². The van der Waals surface area contributed by atoms with E-state index in [4.69, 9.17) is 0 Å². The molecule has 1 rings (SSSR count). The van der Waals surface area contributed by atoms with Gasteiger partial charge in [0.2, 0.25) is 0 Å². The second-order valence-corrected chi connectivity index (χ2v) is 1.30. The van der Waals surface area contributed by atoms with E-state index in [2.05, 4.69) is 10.4 Å². The van der Waals surface area contributed by atoms with Crippen molar-refractivity contribution in [2.45, 2.75) is 0 Å². The van der Waals surface area contributed by atoms with Gasteiger partial charge in [-0.05, 0) is 0 Å². The van der Waals surface area contributed by atoms with Crippen molar-refractivity contribution >= 4 is 11.3 Å². The van der Waals surface area contributed by atoms with Gasteiger partial charge in [-0.2, -0.15) is 0 Å². The number of thiazole rings is 1. The van der Waals surface area contributed by atoms with E-state index < -0.39 is 0 Å². The maximum absolute atomic E-state index is 3.69. The average Bonchev–Trinajstić information content (AvgIpc) is 1.76. The van der Waals surface area contributed by atoms with Gasteiger partial charge < -0.3 is 0 Å². The zero-order chi connectivity index (χ0) is 3.54. The van der Waals surface area contributed by atoms with E-state index in [1.54, 1.807) is 11.7 Å². The molecular formula is C3H2NS. The Morgan fingerprint density at radius 3 is 3.00 bits per heavy atom. The molecule has 1 radical (unpaired) electrons. The monoisotopic (exact) mass is 84.0 g/mol. The van der Waals surface area contributed by atoms with Gasteiger partial charge in [0, 0.05) is 6.20 Å². The van der Waals surface area contributed by atoms with Gasteiger partial charge in [-0.3, -0.25) is 4.98 Å².